The maximum Gasteiger partial charge on any atom is 0.233 e. The van der Waals surface area contributed by atoms with Gasteiger partial charge in [-0.2, -0.15) is 0 Å². The number of carbonyl (C=O) groups is 1. The van der Waals surface area contributed by atoms with Crippen molar-refractivity contribution in [1.82, 2.24) is 4.90 Å². The topological polar surface area (TPSA) is 46.3 Å². The van der Waals surface area contributed by atoms with Crippen LogP contribution < -0.4 is 5.73 Å². The van der Waals surface area contributed by atoms with Crippen molar-refractivity contribution >= 4 is 34.7 Å². The average molecular weight is 318 g/mol. The van der Waals surface area contributed by atoms with Crippen LogP contribution in [0.2, 0.25) is 0 Å². The number of nitrogens with two attached hydrogens (primary N) is 1. The van der Waals surface area contributed by atoms with Gasteiger partial charge >= 0.3 is 0 Å². The van der Waals surface area contributed by atoms with Crippen molar-refractivity contribution < 1.29 is 4.79 Å². The average Bonchev–Trinajstić information content (AvgIpc) is 2.95. The predicted molar refractivity (Wildman–Crippen MR) is 89.8 cm³/mol. The lowest BCUT2D eigenvalue weighted by Crippen LogP contribution is -2.36. The lowest BCUT2D eigenvalue weighted by Gasteiger charge is -2.27. The quantitative estimate of drug-likeness (QED) is 0.697. The Kier molecular flexibility index (Phi) is 4.22. The Morgan fingerprint density at radius 3 is 3.14 bits per heavy atom. The van der Waals surface area contributed by atoms with Gasteiger partial charge in [0.2, 0.25) is 5.91 Å². The molecule has 3 rings (SSSR count). The van der Waals surface area contributed by atoms with Gasteiger partial charge in [-0.3, -0.25) is 4.79 Å². The second kappa shape index (κ2) is 6.12. The van der Waals surface area contributed by atoms with E-state index in [9.17, 15) is 4.79 Å². The van der Waals surface area contributed by atoms with E-state index in [-0.39, 0.29) is 5.91 Å². The zero-order chi connectivity index (χ0) is 14.8. The van der Waals surface area contributed by atoms with Gasteiger partial charge in [-0.05, 0) is 48.1 Å². The summed E-state index contributed by atoms with van der Waals surface area (Å²) in [7, 11) is 0. The lowest BCUT2D eigenvalue weighted by molar-refractivity contribution is -0.129. The minimum absolute atomic E-state index is 0.192. The number of nitrogen functional groups attached to an aromatic ring is 1. The van der Waals surface area contributed by atoms with Crippen molar-refractivity contribution in [1.29, 1.82) is 0 Å². The largest absolute Gasteiger partial charge is 0.398 e. The monoisotopic (exact) mass is 318 g/mol. The van der Waals surface area contributed by atoms with Crippen LogP contribution in [0.5, 0.6) is 0 Å². The maximum atomic E-state index is 12.4. The van der Waals surface area contributed by atoms with Crippen molar-refractivity contribution in [2.45, 2.75) is 24.8 Å². The molecule has 0 fully saturated rings. The molecule has 2 aromatic rings. The van der Waals surface area contributed by atoms with E-state index in [0.29, 0.717) is 5.75 Å². The van der Waals surface area contributed by atoms with Gasteiger partial charge in [0.1, 0.15) is 0 Å². The lowest BCUT2D eigenvalue weighted by atomic mass is 10.1. The highest BCUT2D eigenvalue weighted by Crippen LogP contribution is 2.28. The van der Waals surface area contributed by atoms with Crippen LogP contribution in [0.25, 0.3) is 0 Å². The minimum atomic E-state index is 0.192. The summed E-state index contributed by atoms with van der Waals surface area (Å²) in [5.41, 5.74) is 9.18. The van der Waals surface area contributed by atoms with Gasteiger partial charge in [0.25, 0.3) is 0 Å². The first-order chi connectivity index (χ1) is 10.1. The summed E-state index contributed by atoms with van der Waals surface area (Å²) >= 11 is 3.33. The Bertz CT molecular complexity index is 666. The first-order valence-electron chi connectivity index (χ1n) is 6.95. The zero-order valence-electron chi connectivity index (χ0n) is 12.0. The molecule has 0 atom stereocenters. The molecule has 0 aliphatic carbocycles. The maximum absolute atomic E-state index is 12.4. The third-order valence-electron chi connectivity index (χ3n) is 3.68. The number of amides is 1. The normalized spacial score (nSPS) is 14.0. The SMILES string of the molecule is Cc1ccc(N)c(SCC(=O)N2CCc3sccc3C2)c1. The molecule has 1 aromatic carbocycles. The van der Waals surface area contributed by atoms with Crippen LogP contribution in [0, 0.1) is 6.92 Å². The molecular weight excluding hydrogens is 300 g/mol. The van der Waals surface area contributed by atoms with Crippen molar-refractivity contribution in [2.75, 3.05) is 18.0 Å². The molecule has 3 nitrogen and oxygen atoms in total. The molecule has 0 spiro atoms. The Balaban J connectivity index is 1.61. The van der Waals surface area contributed by atoms with Crippen molar-refractivity contribution in [3.63, 3.8) is 0 Å². The number of hydrogen-bond acceptors (Lipinski definition) is 4. The minimum Gasteiger partial charge on any atom is -0.398 e. The molecule has 1 aliphatic heterocycles. The van der Waals surface area contributed by atoms with Gasteiger partial charge in [0.05, 0.1) is 5.75 Å². The summed E-state index contributed by atoms with van der Waals surface area (Å²) in [6, 6.07) is 8.07. The third kappa shape index (κ3) is 3.24. The van der Waals surface area contributed by atoms with E-state index in [1.165, 1.54) is 27.8 Å². The zero-order valence-corrected chi connectivity index (χ0v) is 13.6. The molecule has 0 bridgehead atoms. The summed E-state index contributed by atoms with van der Waals surface area (Å²) < 4.78 is 0. The van der Waals surface area contributed by atoms with Crippen LogP contribution in [-0.4, -0.2) is 23.1 Å². The van der Waals surface area contributed by atoms with Crippen LogP contribution in [0.4, 0.5) is 5.69 Å². The van der Waals surface area contributed by atoms with Crippen LogP contribution in [0.1, 0.15) is 16.0 Å². The van der Waals surface area contributed by atoms with Gasteiger partial charge in [-0.15, -0.1) is 23.1 Å². The fourth-order valence-electron chi connectivity index (χ4n) is 2.46. The third-order valence-corrected chi connectivity index (χ3v) is 5.76. The van der Waals surface area contributed by atoms with Crippen molar-refractivity contribution in [3.8, 4) is 0 Å². The molecule has 1 aliphatic rings. The molecule has 110 valence electrons. The molecule has 2 N–H and O–H groups in total. The van der Waals surface area contributed by atoms with Gasteiger partial charge in [-0.25, -0.2) is 0 Å². The fourth-order valence-corrected chi connectivity index (χ4v) is 4.31. The van der Waals surface area contributed by atoms with E-state index in [1.807, 2.05) is 30.0 Å². The number of nitrogens with zero attached hydrogens (tertiary/aromatic N) is 1. The number of thioether (sulfide) groups is 1. The Morgan fingerprint density at radius 2 is 2.29 bits per heavy atom. The highest BCUT2D eigenvalue weighted by Gasteiger charge is 2.21. The summed E-state index contributed by atoms with van der Waals surface area (Å²) in [5, 5.41) is 2.11. The number of carbonyl (C=O) groups excluding carboxylic acids is 1. The molecular formula is C16H18N2OS2. The van der Waals surface area contributed by atoms with Gasteiger partial charge in [0.15, 0.2) is 0 Å². The number of hydrogen-bond donors (Lipinski definition) is 1. The summed E-state index contributed by atoms with van der Waals surface area (Å²) in [5.74, 6) is 0.644. The van der Waals surface area contributed by atoms with Crippen LogP contribution in [0.15, 0.2) is 34.5 Å². The van der Waals surface area contributed by atoms with Crippen molar-refractivity contribution in [3.05, 3.63) is 45.6 Å². The van der Waals surface area contributed by atoms with Crippen molar-refractivity contribution in [2.24, 2.45) is 0 Å². The molecule has 0 saturated carbocycles. The van der Waals surface area contributed by atoms with E-state index in [4.69, 9.17) is 5.73 Å². The van der Waals surface area contributed by atoms with Gasteiger partial charge < -0.3 is 10.6 Å². The van der Waals surface area contributed by atoms with E-state index in [2.05, 4.69) is 11.4 Å². The van der Waals surface area contributed by atoms with E-state index >= 15 is 0 Å². The number of benzene rings is 1. The standard InChI is InChI=1S/C16H18N2OS2/c1-11-2-3-13(17)15(8-11)21-10-16(19)18-6-4-14-12(9-18)5-7-20-14/h2-3,5,7-8H,4,6,9-10,17H2,1H3. The Morgan fingerprint density at radius 1 is 1.43 bits per heavy atom. The first-order valence-corrected chi connectivity index (χ1v) is 8.82. The number of fused-ring (bicyclic) bond motifs is 1. The van der Waals surface area contributed by atoms with Gasteiger partial charge in [-0.1, -0.05) is 6.07 Å². The molecule has 21 heavy (non-hydrogen) atoms. The Labute approximate surface area is 133 Å². The fraction of sp³-hybridized carbons (Fsp3) is 0.312. The summed E-state index contributed by atoms with van der Waals surface area (Å²) in [4.78, 5) is 16.7. The van der Waals surface area contributed by atoms with Crippen LogP contribution in [0.3, 0.4) is 0 Å². The smallest absolute Gasteiger partial charge is 0.233 e. The highest BCUT2D eigenvalue weighted by molar-refractivity contribution is 8.00. The molecule has 0 radical (unpaired) electrons. The van der Waals surface area contributed by atoms with Crippen LogP contribution in [-0.2, 0) is 17.8 Å². The molecule has 5 heteroatoms. The molecule has 0 unspecified atom stereocenters. The molecule has 1 aromatic heterocycles. The number of anilines is 1. The highest BCUT2D eigenvalue weighted by atomic mass is 32.2. The Hall–Kier alpha value is -1.46. The van der Waals surface area contributed by atoms with E-state index in [1.54, 1.807) is 11.3 Å². The molecule has 0 saturated heterocycles. The first kappa shape index (κ1) is 14.5. The van der Waals surface area contributed by atoms with E-state index < -0.39 is 0 Å². The summed E-state index contributed by atoms with van der Waals surface area (Å²) in [6.45, 7) is 3.62. The number of thiophene rings is 1. The van der Waals surface area contributed by atoms with Gasteiger partial charge in [0, 0.05) is 28.5 Å². The second-order valence-electron chi connectivity index (χ2n) is 5.26. The number of aryl methyl sites for hydroxylation is 1. The molecule has 1 amide bonds. The van der Waals surface area contributed by atoms with E-state index in [0.717, 1.165) is 30.1 Å². The second-order valence-corrected chi connectivity index (χ2v) is 7.28. The predicted octanol–water partition coefficient (Wildman–Crippen LogP) is 3.32. The van der Waals surface area contributed by atoms with Crippen LogP contribution >= 0.6 is 23.1 Å². The molecule has 2 heterocycles. The number of rotatable bonds is 3. The summed E-state index contributed by atoms with van der Waals surface area (Å²) in [6.07, 6.45) is 0.982.